The Kier molecular flexibility index (Phi) is 7.07. The van der Waals surface area contributed by atoms with Crippen molar-refractivity contribution in [1.82, 2.24) is 0 Å². The van der Waals surface area contributed by atoms with Crippen LogP contribution in [-0.4, -0.2) is 18.0 Å². The molecule has 3 rings (SSSR count). The number of guanidine groups is 1. The van der Waals surface area contributed by atoms with E-state index in [9.17, 15) is 5.41 Å². The number of nitrogens with zero attached hydrogens (tertiary/aromatic N) is 2. The molecule has 0 bridgehead atoms. The smallest absolute Gasteiger partial charge is 0.203 e. The van der Waals surface area contributed by atoms with Gasteiger partial charge in [-0.05, 0) is 59.8 Å². The van der Waals surface area contributed by atoms with Crippen molar-refractivity contribution in [3.8, 4) is 0 Å². The average molecular weight is 434 g/mol. The van der Waals surface area contributed by atoms with Crippen molar-refractivity contribution in [2.24, 2.45) is 0 Å². The van der Waals surface area contributed by atoms with Crippen molar-refractivity contribution < 1.29 is 0 Å². The van der Waals surface area contributed by atoms with E-state index in [0.717, 1.165) is 0 Å². The molecule has 1 N–H and O–H groups in total. The first-order valence-electron chi connectivity index (χ1n) is 12.4. The summed E-state index contributed by atoms with van der Waals surface area (Å²) in [4.78, 5) is 4.63. The second kappa shape index (κ2) is 9.29. The standard InChI is InChI=1S/C29H43N3/c1-17(2)23-13-11-14-24(18(3)4)27(23)31-21(9)22(10)32(29(31)30)28-25(19(5)6)15-12-16-26(28)20(7)8/h11-22,30H,1-10H3. The fourth-order valence-electron chi connectivity index (χ4n) is 5.13. The van der Waals surface area contributed by atoms with Gasteiger partial charge in [0.25, 0.3) is 0 Å². The van der Waals surface area contributed by atoms with Crippen molar-refractivity contribution in [2.75, 3.05) is 9.80 Å². The van der Waals surface area contributed by atoms with Gasteiger partial charge < -0.3 is 9.80 Å². The van der Waals surface area contributed by atoms with Crippen molar-refractivity contribution >= 4 is 17.3 Å². The van der Waals surface area contributed by atoms with Crippen LogP contribution >= 0.6 is 0 Å². The van der Waals surface area contributed by atoms with E-state index < -0.39 is 0 Å². The first-order chi connectivity index (χ1) is 15.0. The second-order valence-electron chi connectivity index (χ2n) is 10.7. The van der Waals surface area contributed by atoms with Crippen LogP contribution in [0.5, 0.6) is 0 Å². The molecular formula is C29H43N3. The molecular weight excluding hydrogens is 390 g/mol. The van der Waals surface area contributed by atoms with Crippen LogP contribution in [0, 0.1) is 5.41 Å². The Morgan fingerprint density at radius 3 is 1.03 bits per heavy atom. The summed E-state index contributed by atoms with van der Waals surface area (Å²) in [6.45, 7) is 22.7. The van der Waals surface area contributed by atoms with E-state index in [1.54, 1.807) is 0 Å². The summed E-state index contributed by atoms with van der Waals surface area (Å²) in [5, 5.41) is 9.50. The minimum Gasteiger partial charge on any atom is -0.307 e. The number of hydrogen-bond donors (Lipinski definition) is 1. The van der Waals surface area contributed by atoms with Crippen molar-refractivity contribution in [3.63, 3.8) is 0 Å². The summed E-state index contributed by atoms with van der Waals surface area (Å²) in [5.41, 5.74) is 7.84. The van der Waals surface area contributed by atoms with Crippen LogP contribution in [0.1, 0.15) is 115 Å². The van der Waals surface area contributed by atoms with E-state index in [1.165, 1.54) is 33.6 Å². The Labute approximate surface area is 196 Å². The molecule has 1 heterocycles. The minimum atomic E-state index is 0.208. The molecule has 1 aliphatic rings. The lowest BCUT2D eigenvalue weighted by Gasteiger charge is -2.32. The van der Waals surface area contributed by atoms with Gasteiger partial charge in [-0.3, -0.25) is 5.41 Å². The van der Waals surface area contributed by atoms with E-state index >= 15 is 0 Å². The molecule has 2 aromatic carbocycles. The molecule has 0 spiro atoms. The average Bonchev–Trinajstić information content (AvgIpc) is 2.94. The van der Waals surface area contributed by atoms with Crippen LogP contribution in [0.3, 0.4) is 0 Å². The van der Waals surface area contributed by atoms with Gasteiger partial charge in [0.2, 0.25) is 5.96 Å². The highest BCUT2D eigenvalue weighted by atomic mass is 15.5. The molecule has 3 heteroatoms. The molecule has 1 saturated heterocycles. The second-order valence-corrected chi connectivity index (χ2v) is 10.7. The highest BCUT2D eigenvalue weighted by molar-refractivity contribution is 6.10. The SMILES string of the molecule is CC(C)c1cccc(C(C)C)c1N1C(=N)N(c2c(C(C)C)cccc2C(C)C)C(C)C1C. The number of nitrogens with one attached hydrogen (secondary N) is 1. The van der Waals surface area contributed by atoms with Crippen LogP contribution in [0.4, 0.5) is 11.4 Å². The fraction of sp³-hybridized carbons (Fsp3) is 0.552. The molecule has 3 nitrogen and oxygen atoms in total. The Morgan fingerprint density at radius 2 is 0.812 bits per heavy atom. The minimum absolute atomic E-state index is 0.208. The van der Waals surface area contributed by atoms with E-state index in [0.29, 0.717) is 29.6 Å². The molecule has 0 aliphatic carbocycles. The van der Waals surface area contributed by atoms with Crippen LogP contribution in [0.2, 0.25) is 0 Å². The molecule has 174 valence electrons. The molecule has 32 heavy (non-hydrogen) atoms. The van der Waals surface area contributed by atoms with Gasteiger partial charge in [0.15, 0.2) is 0 Å². The van der Waals surface area contributed by atoms with E-state index in [-0.39, 0.29) is 12.1 Å². The van der Waals surface area contributed by atoms with Gasteiger partial charge in [-0.15, -0.1) is 0 Å². The Bertz CT molecular complexity index is 840. The lowest BCUT2D eigenvalue weighted by Crippen LogP contribution is -2.37. The lowest BCUT2D eigenvalue weighted by atomic mass is 9.91. The van der Waals surface area contributed by atoms with Crippen LogP contribution in [0.25, 0.3) is 0 Å². The Morgan fingerprint density at radius 1 is 0.562 bits per heavy atom. The summed E-state index contributed by atoms with van der Waals surface area (Å²) < 4.78 is 0. The van der Waals surface area contributed by atoms with Gasteiger partial charge in [0, 0.05) is 0 Å². The third-order valence-electron chi connectivity index (χ3n) is 7.14. The zero-order valence-corrected chi connectivity index (χ0v) is 21.8. The van der Waals surface area contributed by atoms with Crippen LogP contribution in [-0.2, 0) is 0 Å². The monoisotopic (exact) mass is 433 g/mol. The highest BCUT2D eigenvalue weighted by Crippen LogP contribution is 2.44. The lowest BCUT2D eigenvalue weighted by molar-refractivity contribution is 0.636. The predicted molar refractivity (Wildman–Crippen MR) is 141 cm³/mol. The molecule has 2 unspecified atom stereocenters. The summed E-state index contributed by atoms with van der Waals surface area (Å²) >= 11 is 0. The van der Waals surface area contributed by atoms with Crippen molar-refractivity contribution in [2.45, 2.75) is 105 Å². The molecule has 0 aromatic heterocycles. The van der Waals surface area contributed by atoms with E-state index in [4.69, 9.17) is 0 Å². The first kappa shape index (κ1) is 24.4. The van der Waals surface area contributed by atoms with Gasteiger partial charge in [-0.25, -0.2) is 0 Å². The number of hydrogen-bond acceptors (Lipinski definition) is 1. The Hall–Kier alpha value is -2.29. The van der Waals surface area contributed by atoms with E-state index in [1.807, 2.05) is 0 Å². The fourth-order valence-corrected chi connectivity index (χ4v) is 5.13. The molecule has 2 aromatic rings. The highest BCUT2D eigenvalue weighted by Gasteiger charge is 2.43. The first-order valence-corrected chi connectivity index (χ1v) is 12.4. The van der Waals surface area contributed by atoms with Crippen LogP contribution < -0.4 is 9.80 Å². The zero-order valence-electron chi connectivity index (χ0n) is 21.8. The Balaban J connectivity index is 2.25. The van der Waals surface area contributed by atoms with Gasteiger partial charge in [0.1, 0.15) is 0 Å². The summed E-state index contributed by atoms with van der Waals surface area (Å²) in [6.07, 6.45) is 0. The summed E-state index contributed by atoms with van der Waals surface area (Å²) in [7, 11) is 0. The summed E-state index contributed by atoms with van der Waals surface area (Å²) in [6, 6.07) is 13.8. The van der Waals surface area contributed by atoms with Crippen LogP contribution in [0.15, 0.2) is 36.4 Å². The van der Waals surface area contributed by atoms with Gasteiger partial charge in [-0.1, -0.05) is 91.8 Å². The molecule has 2 atom stereocenters. The quantitative estimate of drug-likeness (QED) is 0.497. The third-order valence-corrected chi connectivity index (χ3v) is 7.14. The topological polar surface area (TPSA) is 30.3 Å². The van der Waals surface area contributed by atoms with E-state index in [2.05, 4.69) is 115 Å². The van der Waals surface area contributed by atoms with Crippen molar-refractivity contribution in [1.29, 1.82) is 5.41 Å². The number of benzene rings is 2. The number of rotatable bonds is 6. The normalized spacial score (nSPS) is 19.4. The van der Waals surface area contributed by atoms with Gasteiger partial charge in [-0.2, -0.15) is 0 Å². The van der Waals surface area contributed by atoms with Crippen molar-refractivity contribution in [3.05, 3.63) is 58.7 Å². The summed E-state index contributed by atoms with van der Waals surface area (Å²) in [5.74, 6) is 2.23. The maximum absolute atomic E-state index is 9.50. The largest absolute Gasteiger partial charge is 0.307 e. The predicted octanol–water partition coefficient (Wildman–Crippen LogP) is 8.22. The molecule has 1 fully saturated rings. The molecule has 0 amide bonds. The zero-order chi connectivity index (χ0) is 23.9. The number of anilines is 2. The molecule has 0 radical (unpaired) electrons. The molecule has 0 saturated carbocycles. The number of para-hydroxylation sites is 2. The maximum atomic E-state index is 9.50. The third kappa shape index (κ3) is 4.07. The van der Waals surface area contributed by atoms with Gasteiger partial charge in [0.05, 0.1) is 23.5 Å². The maximum Gasteiger partial charge on any atom is 0.203 e. The molecule has 1 aliphatic heterocycles. The van der Waals surface area contributed by atoms with Gasteiger partial charge >= 0.3 is 0 Å².